The molecule has 7 heteroatoms. The van der Waals surface area contributed by atoms with Crippen molar-refractivity contribution in [2.24, 2.45) is 0 Å². The van der Waals surface area contributed by atoms with Crippen molar-refractivity contribution < 1.29 is 14.7 Å². The topological polar surface area (TPSA) is 103 Å². The quantitative estimate of drug-likeness (QED) is 0.475. The van der Waals surface area contributed by atoms with Gasteiger partial charge in [-0.3, -0.25) is 4.98 Å². The summed E-state index contributed by atoms with van der Waals surface area (Å²) >= 11 is 0. The lowest BCUT2D eigenvalue weighted by molar-refractivity contribution is 0.0698. The highest BCUT2D eigenvalue weighted by atomic mass is 16.4. The van der Waals surface area contributed by atoms with Gasteiger partial charge in [-0.15, -0.1) is 0 Å². The molecule has 0 radical (unpaired) electrons. The van der Waals surface area contributed by atoms with Gasteiger partial charge in [0.25, 0.3) is 0 Å². The van der Waals surface area contributed by atoms with Gasteiger partial charge in [-0.05, 0) is 56.2 Å². The third kappa shape index (κ3) is 4.75. The number of carbonyl (C=O) groups excluding carboxylic acids is 1. The SMILES string of the molecule is Cc1ccc(Nc2ccc(-c3cccc(NC(=O)NC4CC4)c3)nc2)c(C(=O)O)c1. The van der Waals surface area contributed by atoms with Gasteiger partial charge >= 0.3 is 12.0 Å². The zero-order chi connectivity index (χ0) is 21.1. The standard InChI is InChI=1S/C23H22N4O3/c1-14-5-9-21(19(11-14)22(28)29)25-18-8-10-20(24-13-18)15-3-2-4-17(12-15)27-23(30)26-16-6-7-16/h2-5,8-13,16,25H,6-7H2,1H3,(H,28,29)(H2,26,27,30). The number of hydrogen-bond donors (Lipinski definition) is 4. The summed E-state index contributed by atoms with van der Waals surface area (Å²) in [6.07, 6.45) is 3.73. The van der Waals surface area contributed by atoms with Gasteiger partial charge in [-0.25, -0.2) is 9.59 Å². The Morgan fingerprint density at radius 3 is 2.57 bits per heavy atom. The van der Waals surface area contributed by atoms with Crippen LogP contribution in [0.25, 0.3) is 11.3 Å². The van der Waals surface area contributed by atoms with Gasteiger partial charge in [0.1, 0.15) is 0 Å². The maximum Gasteiger partial charge on any atom is 0.337 e. The van der Waals surface area contributed by atoms with Gasteiger partial charge in [0.2, 0.25) is 0 Å². The van der Waals surface area contributed by atoms with Gasteiger partial charge in [-0.1, -0.05) is 23.8 Å². The summed E-state index contributed by atoms with van der Waals surface area (Å²) in [5.74, 6) is -0.985. The molecular formula is C23H22N4O3. The molecule has 30 heavy (non-hydrogen) atoms. The van der Waals surface area contributed by atoms with E-state index in [9.17, 15) is 14.7 Å². The van der Waals surface area contributed by atoms with E-state index in [0.29, 0.717) is 23.1 Å². The Balaban J connectivity index is 1.48. The number of amides is 2. The lowest BCUT2D eigenvalue weighted by atomic mass is 10.1. The maximum absolute atomic E-state index is 11.9. The molecule has 2 aromatic carbocycles. The van der Waals surface area contributed by atoms with Crippen molar-refractivity contribution in [3.63, 3.8) is 0 Å². The first kappa shape index (κ1) is 19.4. The number of carbonyl (C=O) groups is 2. The Morgan fingerprint density at radius 1 is 1.03 bits per heavy atom. The van der Waals surface area contributed by atoms with E-state index in [0.717, 1.165) is 29.7 Å². The highest BCUT2D eigenvalue weighted by molar-refractivity contribution is 5.95. The molecule has 1 saturated carbocycles. The Labute approximate surface area is 174 Å². The summed E-state index contributed by atoms with van der Waals surface area (Å²) in [7, 11) is 0. The van der Waals surface area contributed by atoms with Crippen molar-refractivity contribution in [2.75, 3.05) is 10.6 Å². The third-order valence-corrected chi connectivity index (χ3v) is 4.78. The van der Waals surface area contributed by atoms with Crippen LogP contribution in [0.5, 0.6) is 0 Å². The number of benzene rings is 2. The van der Waals surface area contributed by atoms with E-state index in [-0.39, 0.29) is 11.6 Å². The lowest BCUT2D eigenvalue weighted by Gasteiger charge is -2.11. The highest BCUT2D eigenvalue weighted by Gasteiger charge is 2.23. The Morgan fingerprint density at radius 2 is 1.87 bits per heavy atom. The van der Waals surface area contributed by atoms with Crippen LogP contribution in [0.4, 0.5) is 21.9 Å². The molecule has 152 valence electrons. The zero-order valence-electron chi connectivity index (χ0n) is 16.5. The van der Waals surface area contributed by atoms with Gasteiger partial charge in [0.05, 0.1) is 28.8 Å². The first-order valence-electron chi connectivity index (χ1n) is 9.73. The molecule has 0 saturated heterocycles. The summed E-state index contributed by atoms with van der Waals surface area (Å²) in [5.41, 5.74) is 4.59. The average Bonchev–Trinajstić information content (AvgIpc) is 3.54. The van der Waals surface area contributed by atoms with Crippen molar-refractivity contribution in [2.45, 2.75) is 25.8 Å². The van der Waals surface area contributed by atoms with Crippen LogP contribution in [0.1, 0.15) is 28.8 Å². The van der Waals surface area contributed by atoms with Gasteiger partial charge < -0.3 is 21.1 Å². The number of carboxylic acids is 1. The van der Waals surface area contributed by atoms with Crippen LogP contribution in [0.3, 0.4) is 0 Å². The third-order valence-electron chi connectivity index (χ3n) is 4.78. The van der Waals surface area contributed by atoms with Crippen LogP contribution in [-0.2, 0) is 0 Å². The van der Waals surface area contributed by atoms with Crippen molar-refractivity contribution in [1.82, 2.24) is 10.3 Å². The Hall–Kier alpha value is -3.87. The first-order valence-corrected chi connectivity index (χ1v) is 9.73. The van der Waals surface area contributed by atoms with Crippen LogP contribution in [-0.4, -0.2) is 28.1 Å². The lowest BCUT2D eigenvalue weighted by Crippen LogP contribution is -2.30. The van der Waals surface area contributed by atoms with Gasteiger partial charge in [0.15, 0.2) is 0 Å². The highest BCUT2D eigenvalue weighted by Crippen LogP contribution is 2.25. The van der Waals surface area contributed by atoms with Crippen LogP contribution >= 0.6 is 0 Å². The van der Waals surface area contributed by atoms with Crippen molar-refractivity contribution >= 4 is 29.1 Å². The molecule has 1 aliphatic rings. The maximum atomic E-state index is 11.9. The summed E-state index contributed by atoms with van der Waals surface area (Å²) in [6.45, 7) is 1.85. The number of nitrogens with one attached hydrogen (secondary N) is 3. The van der Waals surface area contributed by atoms with Gasteiger partial charge in [0, 0.05) is 17.3 Å². The molecule has 2 amide bonds. The number of nitrogens with zero attached hydrogens (tertiary/aromatic N) is 1. The molecule has 0 unspecified atom stereocenters. The van der Waals surface area contributed by atoms with Crippen LogP contribution in [0.2, 0.25) is 0 Å². The minimum absolute atomic E-state index is 0.200. The molecule has 1 heterocycles. The molecule has 1 aromatic heterocycles. The van der Waals surface area contributed by atoms with E-state index < -0.39 is 5.97 Å². The van der Waals surface area contributed by atoms with Crippen LogP contribution in [0, 0.1) is 6.92 Å². The fraction of sp³-hybridized carbons (Fsp3) is 0.174. The second-order valence-electron chi connectivity index (χ2n) is 7.36. The fourth-order valence-electron chi connectivity index (χ4n) is 3.07. The number of aryl methyl sites for hydroxylation is 1. The molecule has 1 fully saturated rings. The minimum atomic E-state index is -0.985. The molecule has 0 atom stereocenters. The minimum Gasteiger partial charge on any atom is -0.478 e. The second kappa shape index (κ2) is 8.24. The first-order chi connectivity index (χ1) is 14.5. The molecule has 1 aliphatic carbocycles. The summed E-state index contributed by atoms with van der Waals surface area (Å²) < 4.78 is 0. The molecule has 7 nitrogen and oxygen atoms in total. The molecule has 0 bridgehead atoms. The Kier molecular flexibility index (Phi) is 5.34. The summed E-state index contributed by atoms with van der Waals surface area (Å²) in [5, 5.41) is 18.3. The molecule has 4 N–H and O–H groups in total. The van der Waals surface area contributed by atoms with E-state index in [1.165, 1.54) is 0 Å². The molecule has 3 aromatic rings. The Bertz CT molecular complexity index is 1090. The number of anilines is 3. The molecule has 0 spiro atoms. The monoisotopic (exact) mass is 402 g/mol. The number of rotatable bonds is 6. The van der Waals surface area contributed by atoms with E-state index in [1.54, 1.807) is 18.3 Å². The van der Waals surface area contributed by atoms with E-state index in [2.05, 4.69) is 20.9 Å². The largest absolute Gasteiger partial charge is 0.478 e. The number of hydrogen-bond acceptors (Lipinski definition) is 4. The van der Waals surface area contributed by atoms with E-state index >= 15 is 0 Å². The second-order valence-corrected chi connectivity index (χ2v) is 7.36. The number of urea groups is 1. The average molecular weight is 402 g/mol. The van der Waals surface area contributed by atoms with Crippen molar-refractivity contribution in [3.8, 4) is 11.3 Å². The molecular weight excluding hydrogens is 380 g/mol. The number of pyridine rings is 1. The van der Waals surface area contributed by atoms with Crippen LogP contribution in [0.15, 0.2) is 60.8 Å². The fourth-order valence-corrected chi connectivity index (χ4v) is 3.07. The molecule has 0 aliphatic heterocycles. The number of aromatic nitrogens is 1. The summed E-state index contributed by atoms with van der Waals surface area (Å²) in [4.78, 5) is 27.9. The smallest absolute Gasteiger partial charge is 0.337 e. The predicted molar refractivity (Wildman–Crippen MR) is 116 cm³/mol. The molecule has 4 rings (SSSR count). The summed E-state index contributed by atoms with van der Waals surface area (Å²) in [6, 6.07) is 16.5. The number of carboxylic acid groups (broad SMARTS) is 1. The zero-order valence-corrected chi connectivity index (χ0v) is 16.5. The van der Waals surface area contributed by atoms with Crippen molar-refractivity contribution in [1.29, 1.82) is 0 Å². The van der Waals surface area contributed by atoms with E-state index in [1.807, 2.05) is 49.4 Å². The van der Waals surface area contributed by atoms with E-state index in [4.69, 9.17) is 0 Å². The van der Waals surface area contributed by atoms with Gasteiger partial charge in [-0.2, -0.15) is 0 Å². The van der Waals surface area contributed by atoms with Crippen molar-refractivity contribution in [3.05, 3.63) is 71.9 Å². The normalized spacial score (nSPS) is 12.8. The predicted octanol–water partition coefficient (Wildman–Crippen LogP) is 4.78. The van der Waals surface area contributed by atoms with Crippen LogP contribution < -0.4 is 16.0 Å². The number of aromatic carboxylic acids is 1.